The van der Waals surface area contributed by atoms with E-state index in [0.717, 1.165) is 18.1 Å². The van der Waals surface area contributed by atoms with Crippen molar-refractivity contribution in [2.24, 2.45) is 11.8 Å². The minimum atomic E-state index is 0.333. The predicted octanol–water partition coefficient (Wildman–Crippen LogP) is 1.07. The molecule has 4 N–H and O–H groups in total. The fourth-order valence-corrected chi connectivity index (χ4v) is 1.71. The van der Waals surface area contributed by atoms with Crippen molar-refractivity contribution in [1.29, 1.82) is 0 Å². The van der Waals surface area contributed by atoms with Gasteiger partial charge in [0.1, 0.15) is 5.82 Å². The van der Waals surface area contributed by atoms with Crippen LogP contribution in [0.2, 0.25) is 0 Å². The molecule has 1 aromatic rings. The summed E-state index contributed by atoms with van der Waals surface area (Å²) in [5.74, 6) is 7.10. The highest BCUT2D eigenvalue weighted by molar-refractivity contribution is 5.42. The molecule has 0 aliphatic carbocycles. The maximum absolute atomic E-state index is 5.35. The molecule has 1 unspecified atom stereocenters. The molecule has 0 aliphatic heterocycles. The van der Waals surface area contributed by atoms with Crippen LogP contribution in [0.3, 0.4) is 0 Å². The first-order chi connectivity index (χ1) is 8.42. The van der Waals surface area contributed by atoms with Crippen LogP contribution in [0.25, 0.3) is 0 Å². The molecule has 1 atom stereocenters. The molecule has 0 amide bonds. The van der Waals surface area contributed by atoms with Gasteiger partial charge < -0.3 is 10.2 Å². The normalized spacial score (nSPS) is 12.9. The van der Waals surface area contributed by atoms with E-state index in [1.807, 2.05) is 13.0 Å². The molecular weight excluding hydrogens is 228 g/mol. The largest absolute Gasteiger partial charge is 0.366 e. The van der Waals surface area contributed by atoms with E-state index in [0.29, 0.717) is 17.9 Å². The summed E-state index contributed by atoms with van der Waals surface area (Å²) in [6.07, 6.45) is 0. The zero-order valence-corrected chi connectivity index (χ0v) is 11.9. The number of aryl methyl sites for hydroxylation is 1. The van der Waals surface area contributed by atoms with Gasteiger partial charge in [0.25, 0.3) is 0 Å². The lowest BCUT2D eigenvalue weighted by Gasteiger charge is -2.26. The molecule has 18 heavy (non-hydrogen) atoms. The summed E-state index contributed by atoms with van der Waals surface area (Å²) in [5.41, 5.74) is 3.36. The third kappa shape index (κ3) is 4.46. The van der Waals surface area contributed by atoms with Crippen molar-refractivity contribution in [3.05, 3.63) is 11.8 Å². The third-order valence-corrected chi connectivity index (χ3v) is 2.68. The van der Waals surface area contributed by atoms with Crippen molar-refractivity contribution in [2.45, 2.75) is 26.8 Å². The monoisotopic (exact) mass is 252 g/mol. The number of likely N-dealkylation sites (N-methyl/N-ethyl adjacent to an activating group) is 1. The molecule has 0 bridgehead atoms. The molecular formula is C12H24N6. The summed E-state index contributed by atoms with van der Waals surface area (Å²) < 4.78 is 0. The zero-order valence-electron chi connectivity index (χ0n) is 11.9. The Kier molecular flexibility index (Phi) is 5.30. The SMILES string of the molecule is Cc1cc(NC(CN(C)C)C(C)C)nc(NN)n1. The Hall–Kier alpha value is -1.40. The second-order valence-electron chi connectivity index (χ2n) is 5.12. The highest BCUT2D eigenvalue weighted by Gasteiger charge is 2.15. The standard InChI is InChI=1S/C12H24N6/c1-8(2)10(7-18(4)5)15-11-6-9(3)14-12(16-11)17-13/h6,8,10H,7,13H2,1-5H3,(H2,14,15,16,17). The van der Waals surface area contributed by atoms with Gasteiger partial charge in [-0.2, -0.15) is 4.98 Å². The van der Waals surface area contributed by atoms with Crippen molar-refractivity contribution in [2.75, 3.05) is 31.4 Å². The molecule has 0 aromatic carbocycles. The molecule has 0 radical (unpaired) electrons. The summed E-state index contributed by atoms with van der Waals surface area (Å²) in [6.45, 7) is 7.25. The summed E-state index contributed by atoms with van der Waals surface area (Å²) in [7, 11) is 4.13. The Balaban J connectivity index is 2.82. The van der Waals surface area contributed by atoms with E-state index in [2.05, 4.69) is 53.6 Å². The van der Waals surface area contributed by atoms with Crippen LogP contribution >= 0.6 is 0 Å². The number of rotatable bonds is 6. The van der Waals surface area contributed by atoms with E-state index in [1.165, 1.54) is 0 Å². The predicted molar refractivity (Wildman–Crippen MR) is 75.4 cm³/mol. The average Bonchev–Trinajstić information content (AvgIpc) is 2.26. The van der Waals surface area contributed by atoms with Crippen LogP contribution in [-0.2, 0) is 0 Å². The number of nitrogens with zero attached hydrogens (tertiary/aromatic N) is 3. The number of nitrogen functional groups attached to an aromatic ring is 1. The first-order valence-electron chi connectivity index (χ1n) is 6.16. The van der Waals surface area contributed by atoms with E-state index >= 15 is 0 Å². The molecule has 6 heteroatoms. The van der Waals surface area contributed by atoms with E-state index < -0.39 is 0 Å². The van der Waals surface area contributed by atoms with E-state index in [9.17, 15) is 0 Å². The van der Waals surface area contributed by atoms with Gasteiger partial charge in [0.2, 0.25) is 5.95 Å². The van der Waals surface area contributed by atoms with Crippen molar-refractivity contribution < 1.29 is 0 Å². The Morgan fingerprint density at radius 2 is 2.00 bits per heavy atom. The number of aromatic nitrogens is 2. The Morgan fingerprint density at radius 1 is 1.33 bits per heavy atom. The van der Waals surface area contributed by atoms with E-state index in [1.54, 1.807) is 0 Å². The van der Waals surface area contributed by atoms with Crippen LogP contribution in [-0.4, -0.2) is 41.5 Å². The molecule has 102 valence electrons. The molecule has 0 fully saturated rings. The molecule has 0 aliphatic rings. The van der Waals surface area contributed by atoms with Gasteiger partial charge >= 0.3 is 0 Å². The number of anilines is 2. The van der Waals surface area contributed by atoms with Crippen LogP contribution in [0.4, 0.5) is 11.8 Å². The minimum Gasteiger partial charge on any atom is -0.366 e. The molecule has 6 nitrogen and oxygen atoms in total. The molecule has 1 rings (SSSR count). The summed E-state index contributed by atoms with van der Waals surface area (Å²) >= 11 is 0. The molecule has 0 saturated heterocycles. The fraction of sp³-hybridized carbons (Fsp3) is 0.667. The van der Waals surface area contributed by atoms with Gasteiger partial charge in [0.15, 0.2) is 0 Å². The van der Waals surface area contributed by atoms with E-state index in [-0.39, 0.29) is 0 Å². The van der Waals surface area contributed by atoms with Crippen LogP contribution in [0.1, 0.15) is 19.5 Å². The second kappa shape index (κ2) is 6.51. The van der Waals surface area contributed by atoms with Gasteiger partial charge in [0.05, 0.1) is 0 Å². The maximum Gasteiger partial charge on any atom is 0.239 e. The first kappa shape index (κ1) is 14.7. The van der Waals surface area contributed by atoms with Crippen LogP contribution in [0, 0.1) is 12.8 Å². The maximum atomic E-state index is 5.35. The number of nitrogens with one attached hydrogen (secondary N) is 2. The van der Waals surface area contributed by atoms with Crippen LogP contribution < -0.4 is 16.6 Å². The van der Waals surface area contributed by atoms with Gasteiger partial charge in [-0.25, -0.2) is 10.8 Å². The molecule has 0 saturated carbocycles. The van der Waals surface area contributed by atoms with Gasteiger partial charge in [-0.1, -0.05) is 13.8 Å². The van der Waals surface area contributed by atoms with Gasteiger partial charge in [-0.15, -0.1) is 0 Å². The molecule has 0 spiro atoms. The summed E-state index contributed by atoms with van der Waals surface area (Å²) in [5, 5.41) is 3.44. The zero-order chi connectivity index (χ0) is 13.7. The van der Waals surface area contributed by atoms with Gasteiger partial charge in [0, 0.05) is 24.3 Å². The smallest absolute Gasteiger partial charge is 0.239 e. The molecule has 1 aromatic heterocycles. The lowest BCUT2D eigenvalue weighted by atomic mass is 10.0. The van der Waals surface area contributed by atoms with E-state index in [4.69, 9.17) is 5.84 Å². The Morgan fingerprint density at radius 3 is 2.50 bits per heavy atom. The number of nitrogens with two attached hydrogens (primary N) is 1. The number of hydrogen-bond donors (Lipinski definition) is 3. The summed E-state index contributed by atoms with van der Waals surface area (Å²) in [4.78, 5) is 10.6. The van der Waals surface area contributed by atoms with Gasteiger partial charge in [-0.05, 0) is 26.9 Å². The van der Waals surface area contributed by atoms with Crippen LogP contribution in [0.5, 0.6) is 0 Å². The fourth-order valence-electron chi connectivity index (χ4n) is 1.71. The quantitative estimate of drug-likeness (QED) is 0.519. The summed E-state index contributed by atoms with van der Waals surface area (Å²) in [6, 6.07) is 2.26. The Labute approximate surface area is 109 Å². The lowest BCUT2D eigenvalue weighted by molar-refractivity contribution is 0.344. The molecule has 1 heterocycles. The first-order valence-corrected chi connectivity index (χ1v) is 6.16. The average molecular weight is 252 g/mol. The highest BCUT2D eigenvalue weighted by Crippen LogP contribution is 2.14. The number of hydrazine groups is 1. The topological polar surface area (TPSA) is 79.1 Å². The van der Waals surface area contributed by atoms with Crippen LogP contribution in [0.15, 0.2) is 6.07 Å². The minimum absolute atomic E-state index is 0.333. The lowest BCUT2D eigenvalue weighted by Crippen LogP contribution is -2.36. The third-order valence-electron chi connectivity index (χ3n) is 2.68. The second-order valence-corrected chi connectivity index (χ2v) is 5.12. The Bertz CT molecular complexity index is 377. The van der Waals surface area contributed by atoms with Crippen molar-refractivity contribution >= 4 is 11.8 Å². The number of hydrogen-bond acceptors (Lipinski definition) is 6. The van der Waals surface area contributed by atoms with Crippen molar-refractivity contribution in [3.8, 4) is 0 Å². The van der Waals surface area contributed by atoms with Gasteiger partial charge in [-0.3, -0.25) is 5.43 Å². The highest BCUT2D eigenvalue weighted by atomic mass is 15.3. The van der Waals surface area contributed by atoms with Crippen molar-refractivity contribution in [1.82, 2.24) is 14.9 Å². The van der Waals surface area contributed by atoms with Crippen molar-refractivity contribution in [3.63, 3.8) is 0 Å².